The van der Waals surface area contributed by atoms with Gasteiger partial charge in [0.2, 0.25) is 5.91 Å². The van der Waals surface area contributed by atoms with Crippen molar-refractivity contribution in [2.24, 2.45) is 0 Å². The molecule has 1 unspecified atom stereocenters. The van der Waals surface area contributed by atoms with Crippen molar-refractivity contribution in [2.75, 3.05) is 26.2 Å². The van der Waals surface area contributed by atoms with Gasteiger partial charge in [-0.25, -0.2) is 0 Å². The predicted octanol–water partition coefficient (Wildman–Crippen LogP) is 1.30. The first kappa shape index (κ1) is 16.7. The maximum absolute atomic E-state index is 12.2. The van der Waals surface area contributed by atoms with Crippen LogP contribution in [0.5, 0.6) is 0 Å². The Hall–Kier alpha value is -0.650. The minimum Gasteiger partial charge on any atom is -0.394 e. The van der Waals surface area contributed by atoms with Crippen molar-refractivity contribution >= 4 is 5.91 Å². The third-order valence-corrected chi connectivity index (χ3v) is 4.34. The molecule has 0 spiro atoms. The topological polar surface area (TPSA) is 61.8 Å². The molecule has 1 aliphatic heterocycles. The molecular weight excluding hydrogens is 268 g/mol. The standard InChI is InChI=1S/C16H30N2O3/c1-16(2)12-18(9-14(11-19)21-16)10-15(20)17-13-7-5-3-4-6-8-13/h13-14,19H,3-12H2,1-2H3,(H,17,20). The van der Waals surface area contributed by atoms with Crippen molar-refractivity contribution in [3.63, 3.8) is 0 Å². The zero-order chi connectivity index (χ0) is 15.3. The summed E-state index contributed by atoms with van der Waals surface area (Å²) in [6, 6.07) is 0.350. The fourth-order valence-electron chi connectivity index (χ4n) is 3.53. The number of aliphatic hydroxyl groups is 1. The summed E-state index contributed by atoms with van der Waals surface area (Å²) in [7, 11) is 0. The van der Waals surface area contributed by atoms with Gasteiger partial charge in [-0.1, -0.05) is 25.7 Å². The van der Waals surface area contributed by atoms with Crippen LogP contribution in [0.15, 0.2) is 0 Å². The molecule has 1 atom stereocenters. The molecule has 122 valence electrons. The highest BCUT2D eigenvalue weighted by atomic mass is 16.5. The number of morpholine rings is 1. The van der Waals surface area contributed by atoms with E-state index in [0.717, 1.165) is 19.4 Å². The van der Waals surface area contributed by atoms with Crippen LogP contribution in [0.2, 0.25) is 0 Å². The van der Waals surface area contributed by atoms with Crippen molar-refractivity contribution in [3.8, 4) is 0 Å². The highest BCUT2D eigenvalue weighted by Gasteiger charge is 2.33. The number of ether oxygens (including phenoxy) is 1. The lowest BCUT2D eigenvalue weighted by molar-refractivity contribution is -0.153. The molecule has 2 fully saturated rings. The van der Waals surface area contributed by atoms with Crippen LogP contribution >= 0.6 is 0 Å². The number of hydrogen-bond donors (Lipinski definition) is 2. The van der Waals surface area contributed by atoms with E-state index in [0.29, 0.717) is 19.1 Å². The lowest BCUT2D eigenvalue weighted by atomic mass is 10.1. The molecule has 0 aromatic rings. The van der Waals surface area contributed by atoms with Crippen LogP contribution in [-0.2, 0) is 9.53 Å². The predicted molar refractivity (Wildman–Crippen MR) is 82.1 cm³/mol. The van der Waals surface area contributed by atoms with Gasteiger partial charge in [0, 0.05) is 19.1 Å². The van der Waals surface area contributed by atoms with Gasteiger partial charge in [0.1, 0.15) is 0 Å². The number of hydrogen-bond acceptors (Lipinski definition) is 4. The molecule has 1 saturated heterocycles. The van der Waals surface area contributed by atoms with E-state index >= 15 is 0 Å². The molecule has 1 amide bonds. The summed E-state index contributed by atoms with van der Waals surface area (Å²) < 4.78 is 5.78. The van der Waals surface area contributed by atoms with Gasteiger partial charge in [0.15, 0.2) is 0 Å². The normalized spacial score (nSPS) is 28.0. The van der Waals surface area contributed by atoms with Gasteiger partial charge < -0.3 is 15.2 Å². The number of amides is 1. The first-order valence-electron chi connectivity index (χ1n) is 8.29. The van der Waals surface area contributed by atoms with Crippen LogP contribution < -0.4 is 5.32 Å². The molecule has 0 bridgehead atoms. The van der Waals surface area contributed by atoms with E-state index in [2.05, 4.69) is 10.2 Å². The highest BCUT2D eigenvalue weighted by molar-refractivity contribution is 5.78. The fourth-order valence-corrected chi connectivity index (χ4v) is 3.53. The molecule has 0 aromatic heterocycles. The summed E-state index contributed by atoms with van der Waals surface area (Å²) in [4.78, 5) is 14.3. The molecule has 21 heavy (non-hydrogen) atoms. The van der Waals surface area contributed by atoms with E-state index in [1.165, 1.54) is 25.7 Å². The largest absolute Gasteiger partial charge is 0.394 e. The van der Waals surface area contributed by atoms with Crippen LogP contribution in [-0.4, -0.2) is 59.9 Å². The van der Waals surface area contributed by atoms with Crippen LogP contribution in [0.3, 0.4) is 0 Å². The van der Waals surface area contributed by atoms with Crippen molar-refractivity contribution < 1.29 is 14.6 Å². The summed E-state index contributed by atoms with van der Waals surface area (Å²) >= 11 is 0. The number of rotatable bonds is 4. The Morgan fingerprint density at radius 3 is 2.57 bits per heavy atom. The molecular formula is C16H30N2O3. The molecule has 2 aliphatic rings. The number of nitrogens with zero attached hydrogens (tertiary/aromatic N) is 1. The number of carbonyl (C=O) groups excluding carboxylic acids is 1. The molecule has 1 saturated carbocycles. The second kappa shape index (κ2) is 7.56. The van der Waals surface area contributed by atoms with Gasteiger partial charge in [-0.2, -0.15) is 0 Å². The molecule has 1 heterocycles. The number of aliphatic hydroxyl groups excluding tert-OH is 1. The first-order chi connectivity index (χ1) is 9.98. The Balaban J connectivity index is 1.80. The Kier molecular flexibility index (Phi) is 6.02. The van der Waals surface area contributed by atoms with Crippen molar-refractivity contribution in [2.45, 2.75) is 70.1 Å². The van der Waals surface area contributed by atoms with E-state index in [1.807, 2.05) is 13.8 Å². The van der Waals surface area contributed by atoms with Crippen LogP contribution in [0.25, 0.3) is 0 Å². The summed E-state index contributed by atoms with van der Waals surface area (Å²) in [6.45, 7) is 5.76. The van der Waals surface area contributed by atoms with Crippen LogP contribution in [0.4, 0.5) is 0 Å². The smallest absolute Gasteiger partial charge is 0.234 e. The van der Waals surface area contributed by atoms with E-state index in [1.54, 1.807) is 0 Å². The molecule has 5 nitrogen and oxygen atoms in total. The third kappa shape index (κ3) is 5.57. The van der Waals surface area contributed by atoms with Gasteiger partial charge >= 0.3 is 0 Å². The van der Waals surface area contributed by atoms with Gasteiger partial charge in [0.25, 0.3) is 0 Å². The van der Waals surface area contributed by atoms with E-state index in [4.69, 9.17) is 4.74 Å². The quantitative estimate of drug-likeness (QED) is 0.768. The first-order valence-corrected chi connectivity index (χ1v) is 8.29. The van der Waals surface area contributed by atoms with Crippen molar-refractivity contribution in [3.05, 3.63) is 0 Å². The van der Waals surface area contributed by atoms with E-state index < -0.39 is 0 Å². The minimum absolute atomic E-state index is 0.00414. The average molecular weight is 298 g/mol. The molecule has 0 aromatic carbocycles. The minimum atomic E-state index is -0.311. The van der Waals surface area contributed by atoms with Gasteiger partial charge in [-0.3, -0.25) is 9.69 Å². The lowest BCUT2D eigenvalue weighted by Crippen LogP contribution is -2.56. The fraction of sp³-hybridized carbons (Fsp3) is 0.938. The SMILES string of the molecule is CC1(C)CN(CC(=O)NC2CCCCCC2)CC(CO)O1. The summed E-state index contributed by atoms with van der Waals surface area (Å²) in [5, 5.41) is 12.5. The lowest BCUT2D eigenvalue weighted by Gasteiger charge is -2.42. The number of carbonyl (C=O) groups is 1. The molecule has 1 aliphatic carbocycles. The van der Waals surface area contributed by atoms with E-state index in [9.17, 15) is 9.90 Å². The van der Waals surface area contributed by atoms with Gasteiger partial charge in [-0.15, -0.1) is 0 Å². The van der Waals surface area contributed by atoms with Crippen molar-refractivity contribution in [1.29, 1.82) is 0 Å². The Labute approximate surface area is 128 Å². The summed E-state index contributed by atoms with van der Waals surface area (Å²) in [5.41, 5.74) is -0.311. The molecule has 0 radical (unpaired) electrons. The van der Waals surface area contributed by atoms with Crippen molar-refractivity contribution in [1.82, 2.24) is 10.2 Å². The molecule has 2 N–H and O–H groups in total. The monoisotopic (exact) mass is 298 g/mol. The Morgan fingerprint density at radius 1 is 1.29 bits per heavy atom. The molecule has 5 heteroatoms. The average Bonchev–Trinajstić information content (AvgIpc) is 2.65. The van der Waals surface area contributed by atoms with Gasteiger partial charge in [0.05, 0.1) is 24.9 Å². The maximum Gasteiger partial charge on any atom is 0.234 e. The third-order valence-electron chi connectivity index (χ3n) is 4.34. The Bertz CT molecular complexity index is 338. The summed E-state index contributed by atoms with van der Waals surface area (Å²) in [5.74, 6) is 0.108. The summed E-state index contributed by atoms with van der Waals surface area (Å²) in [6.07, 6.45) is 7.06. The van der Waals surface area contributed by atoms with Crippen LogP contribution in [0.1, 0.15) is 52.4 Å². The number of nitrogens with one attached hydrogen (secondary N) is 1. The van der Waals surface area contributed by atoms with Crippen LogP contribution in [0, 0.1) is 0 Å². The highest BCUT2D eigenvalue weighted by Crippen LogP contribution is 2.21. The van der Waals surface area contributed by atoms with E-state index in [-0.39, 0.29) is 24.2 Å². The van der Waals surface area contributed by atoms with Gasteiger partial charge in [-0.05, 0) is 26.7 Å². The second-order valence-corrected chi connectivity index (χ2v) is 7.11. The zero-order valence-corrected chi connectivity index (χ0v) is 13.4. The second-order valence-electron chi connectivity index (χ2n) is 7.11. The Morgan fingerprint density at radius 2 is 1.95 bits per heavy atom. The molecule has 2 rings (SSSR count). The maximum atomic E-state index is 12.2. The zero-order valence-electron chi connectivity index (χ0n) is 13.4.